The van der Waals surface area contributed by atoms with Crippen LogP contribution in [0.5, 0.6) is 5.75 Å². The highest BCUT2D eigenvalue weighted by Crippen LogP contribution is 2.31. The summed E-state index contributed by atoms with van der Waals surface area (Å²) < 4.78 is 6.27. The number of thioether (sulfide) groups is 1. The average molecular weight is 345 g/mol. The molecule has 0 saturated carbocycles. The molecule has 18 heavy (non-hydrogen) atoms. The minimum atomic E-state index is 0.682. The number of ether oxygens (including phenoxy) is 1. The van der Waals surface area contributed by atoms with Gasteiger partial charge in [0.15, 0.2) is 0 Å². The van der Waals surface area contributed by atoms with Crippen LogP contribution in [0.4, 0.5) is 0 Å². The molecule has 1 heterocycles. The Labute approximate surface area is 124 Å². The lowest BCUT2D eigenvalue weighted by atomic mass is 10.2. The first kappa shape index (κ1) is 13.7. The summed E-state index contributed by atoms with van der Waals surface area (Å²) in [5.74, 6) is 1.63. The van der Waals surface area contributed by atoms with E-state index in [-0.39, 0.29) is 0 Å². The Morgan fingerprint density at radius 3 is 2.94 bits per heavy atom. The van der Waals surface area contributed by atoms with Crippen LogP contribution < -0.4 is 4.74 Å². The van der Waals surface area contributed by atoms with Crippen molar-refractivity contribution in [1.29, 1.82) is 0 Å². The number of hydrogen-bond acceptors (Lipinski definition) is 3. The fourth-order valence-corrected chi connectivity index (χ4v) is 3.14. The van der Waals surface area contributed by atoms with Gasteiger partial charge in [0.05, 0.1) is 12.1 Å². The van der Waals surface area contributed by atoms with Crippen molar-refractivity contribution in [3.05, 3.63) is 51.6 Å². The van der Waals surface area contributed by atoms with E-state index in [9.17, 15) is 0 Å². The molecule has 0 N–H and O–H groups in total. The lowest BCUT2D eigenvalue weighted by Crippen LogP contribution is -1.88. The number of pyridine rings is 1. The number of benzene rings is 1. The molecule has 0 fully saturated rings. The minimum Gasteiger partial charge on any atom is -0.497 e. The number of methoxy groups -OCH3 is 1. The number of halogens is 2. The van der Waals surface area contributed by atoms with Gasteiger partial charge in [-0.1, -0.05) is 27.5 Å². The molecule has 2 rings (SSSR count). The second kappa shape index (κ2) is 6.45. The van der Waals surface area contributed by atoms with Crippen LogP contribution in [0.25, 0.3) is 0 Å². The van der Waals surface area contributed by atoms with E-state index in [0.29, 0.717) is 5.02 Å². The van der Waals surface area contributed by atoms with Crippen LogP contribution in [0, 0.1) is 0 Å². The zero-order valence-corrected chi connectivity index (χ0v) is 12.8. The Morgan fingerprint density at radius 2 is 2.22 bits per heavy atom. The summed E-state index contributed by atoms with van der Waals surface area (Å²) in [4.78, 5) is 4.25. The zero-order chi connectivity index (χ0) is 13.0. The largest absolute Gasteiger partial charge is 0.497 e. The van der Waals surface area contributed by atoms with Crippen LogP contribution in [-0.4, -0.2) is 12.1 Å². The first-order valence-corrected chi connectivity index (χ1v) is 7.42. The monoisotopic (exact) mass is 343 g/mol. The van der Waals surface area contributed by atoms with E-state index in [2.05, 4.69) is 20.9 Å². The summed E-state index contributed by atoms with van der Waals surface area (Å²) in [5, 5.41) is 1.52. The standard InChI is InChI=1S/C13H11BrClNOS/c1-17-10-4-5-11(14)9(7-10)8-18-13-12(15)3-2-6-16-13/h2-7H,8H2,1H3. The van der Waals surface area contributed by atoms with Crippen LogP contribution in [0.1, 0.15) is 5.56 Å². The van der Waals surface area contributed by atoms with Gasteiger partial charge in [-0.2, -0.15) is 0 Å². The van der Waals surface area contributed by atoms with Crippen LogP contribution in [-0.2, 0) is 5.75 Å². The van der Waals surface area contributed by atoms with E-state index in [1.54, 1.807) is 25.1 Å². The summed E-state index contributed by atoms with van der Waals surface area (Å²) in [5.41, 5.74) is 1.15. The molecule has 0 atom stereocenters. The maximum atomic E-state index is 6.07. The fraction of sp³-hybridized carbons (Fsp3) is 0.154. The molecule has 2 aromatic rings. The van der Waals surface area contributed by atoms with Gasteiger partial charge < -0.3 is 4.74 Å². The van der Waals surface area contributed by atoms with Crippen molar-refractivity contribution in [3.8, 4) is 5.75 Å². The van der Waals surface area contributed by atoms with E-state index >= 15 is 0 Å². The quantitative estimate of drug-likeness (QED) is 0.744. The summed E-state index contributed by atoms with van der Waals surface area (Å²) >= 11 is 11.2. The Balaban J connectivity index is 2.13. The van der Waals surface area contributed by atoms with Crippen molar-refractivity contribution in [2.45, 2.75) is 10.8 Å². The third-order valence-electron chi connectivity index (χ3n) is 2.34. The topological polar surface area (TPSA) is 22.1 Å². The van der Waals surface area contributed by atoms with Gasteiger partial charge in [0, 0.05) is 16.4 Å². The third-order valence-corrected chi connectivity index (χ3v) is 4.59. The van der Waals surface area contributed by atoms with Crippen molar-refractivity contribution in [2.75, 3.05) is 7.11 Å². The van der Waals surface area contributed by atoms with E-state index in [0.717, 1.165) is 26.6 Å². The molecule has 0 spiro atoms. The van der Waals surface area contributed by atoms with Gasteiger partial charge in [0.2, 0.25) is 0 Å². The van der Waals surface area contributed by atoms with E-state index < -0.39 is 0 Å². The molecular weight excluding hydrogens is 334 g/mol. The Hall–Kier alpha value is -0.710. The van der Waals surface area contributed by atoms with E-state index in [1.807, 2.05) is 30.3 Å². The van der Waals surface area contributed by atoms with Crippen molar-refractivity contribution in [1.82, 2.24) is 4.98 Å². The van der Waals surface area contributed by atoms with Gasteiger partial charge >= 0.3 is 0 Å². The highest BCUT2D eigenvalue weighted by atomic mass is 79.9. The zero-order valence-electron chi connectivity index (χ0n) is 9.69. The number of aromatic nitrogens is 1. The molecule has 0 aliphatic carbocycles. The van der Waals surface area contributed by atoms with Gasteiger partial charge in [-0.15, -0.1) is 11.8 Å². The second-order valence-electron chi connectivity index (χ2n) is 3.54. The molecule has 0 saturated heterocycles. The molecule has 94 valence electrons. The lowest BCUT2D eigenvalue weighted by molar-refractivity contribution is 0.414. The predicted molar refractivity (Wildman–Crippen MR) is 79.5 cm³/mol. The Kier molecular flexibility index (Phi) is 4.92. The van der Waals surface area contributed by atoms with Crippen LogP contribution in [0.15, 0.2) is 46.0 Å². The van der Waals surface area contributed by atoms with Gasteiger partial charge in [0.1, 0.15) is 10.8 Å². The van der Waals surface area contributed by atoms with Crippen molar-refractivity contribution in [3.63, 3.8) is 0 Å². The molecule has 1 aromatic carbocycles. The lowest BCUT2D eigenvalue weighted by Gasteiger charge is -2.07. The molecule has 0 aliphatic rings. The summed E-state index contributed by atoms with van der Waals surface area (Å²) in [6.45, 7) is 0. The molecule has 0 aliphatic heterocycles. The highest BCUT2D eigenvalue weighted by molar-refractivity contribution is 9.10. The molecule has 1 aromatic heterocycles. The molecule has 0 unspecified atom stereocenters. The number of hydrogen-bond donors (Lipinski definition) is 0. The maximum absolute atomic E-state index is 6.07. The van der Waals surface area contributed by atoms with Gasteiger partial charge in [-0.05, 0) is 35.9 Å². The normalized spacial score (nSPS) is 10.4. The molecule has 0 amide bonds. The van der Waals surface area contributed by atoms with Crippen molar-refractivity contribution < 1.29 is 4.74 Å². The maximum Gasteiger partial charge on any atom is 0.119 e. The average Bonchev–Trinajstić information content (AvgIpc) is 2.39. The first-order chi connectivity index (χ1) is 8.70. The van der Waals surface area contributed by atoms with Gasteiger partial charge in [-0.3, -0.25) is 0 Å². The van der Waals surface area contributed by atoms with Crippen LogP contribution >= 0.6 is 39.3 Å². The highest BCUT2D eigenvalue weighted by Gasteiger charge is 2.06. The minimum absolute atomic E-state index is 0.682. The molecule has 5 heteroatoms. The first-order valence-electron chi connectivity index (χ1n) is 5.26. The Bertz CT molecular complexity index is 550. The Morgan fingerprint density at radius 1 is 1.39 bits per heavy atom. The summed E-state index contributed by atoms with van der Waals surface area (Å²) in [7, 11) is 1.66. The number of rotatable bonds is 4. The SMILES string of the molecule is COc1ccc(Br)c(CSc2ncccc2Cl)c1. The van der Waals surface area contributed by atoms with E-state index in [1.165, 1.54) is 0 Å². The van der Waals surface area contributed by atoms with Crippen molar-refractivity contribution in [2.24, 2.45) is 0 Å². The fourth-order valence-electron chi connectivity index (χ4n) is 1.41. The number of nitrogens with zero attached hydrogens (tertiary/aromatic N) is 1. The second-order valence-corrected chi connectivity index (χ2v) is 5.76. The third kappa shape index (κ3) is 3.40. The molecular formula is C13H11BrClNOS. The summed E-state index contributed by atoms with van der Waals surface area (Å²) in [6, 6.07) is 9.58. The molecule has 0 radical (unpaired) electrons. The molecule has 0 bridgehead atoms. The smallest absolute Gasteiger partial charge is 0.119 e. The predicted octanol–water partition coefficient (Wildman–Crippen LogP) is 4.80. The van der Waals surface area contributed by atoms with Crippen LogP contribution in [0.3, 0.4) is 0 Å². The van der Waals surface area contributed by atoms with Crippen molar-refractivity contribution >= 4 is 39.3 Å². The van der Waals surface area contributed by atoms with Crippen LogP contribution in [0.2, 0.25) is 5.02 Å². The van der Waals surface area contributed by atoms with E-state index in [4.69, 9.17) is 16.3 Å². The molecule has 2 nitrogen and oxygen atoms in total. The van der Waals surface area contributed by atoms with Gasteiger partial charge in [-0.25, -0.2) is 4.98 Å². The summed E-state index contributed by atoms with van der Waals surface area (Å²) in [6.07, 6.45) is 1.74. The van der Waals surface area contributed by atoms with Gasteiger partial charge in [0.25, 0.3) is 0 Å².